The maximum atomic E-state index is 12.1. The summed E-state index contributed by atoms with van der Waals surface area (Å²) in [6.45, 7) is 3.69. The Morgan fingerprint density at radius 1 is 1.25 bits per heavy atom. The van der Waals surface area contributed by atoms with Crippen molar-refractivity contribution in [3.8, 4) is 5.75 Å². The van der Waals surface area contributed by atoms with Gasteiger partial charge < -0.3 is 15.0 Å². The molecule has 5 nitrogen and oxygen atoms in total. The minimum absolute atomic E-state index is 0.0678. The molecule has 1 aromatic heterocycles. The highest BCUT2D eigenvalue weighted by atomic mass is 16.5. The van der Waals surface area contributed by atoms with Crippen LogP contribution in [0.4, 0.5) is 5.69 Å². The van der Waals surface area contributed by atoms with Crippen molar-refractivity contribution in [3.05, 3.63) is 57.5 Å². The number of aromatic nitrogens is 1. The molecular formula is C15H16N2O3. The van der Waals surface area contributed by atoms with E-state index in [1.165, 1.54) is 19.4 Å². The van der Waals surface area contributed by atoms with Crippen LogP contribution in [0, 0.1) is 13.8 Å². The van der Waals surface area contributed by atoms with Gasteiger partial charge in [0.2, 0.25) is 0 Å². The molecule has 0 bridgehead atoms. The van der Waals surface area contributed by atoms with Crippen LogP contribution in [0.2, 0.25) is 0 Å². The first-order chi connectivity index (χ1) is 9.51. The second-order valence-corrected chi connectivity index (χ2v) is 4.55. The Hall–Kier alpha value is -2.56. The molecular weight excluding hydrogens is 256 g/mol. The Labute approximate surface area is 116 Å². The minimum atomic E-state index is -0.464. The lowest BCUT2D eigenvalue weighted by Gasteiger charge is -2.10. The number of amides is 1. The van der Waals surface area contributed by atoms with E-state index >= 15 is 0 Å². The molecule has 104 valence electrons. The van der Waals surface area contributed by atoms with Gasteiger partial charge in [-0.1, -0.05) is 6.07 Å². The molecule has 0 aliphatic heterocycles. The van der Waals surface area contributed by atoms with Gasteiger partial charge in [0.25, 0.3) is 5.91 Å². The summed E-state index contributed by atoms with van der Waals surface area (Å²) in [5.74, 6) is 0.0929. The molecule has 0 saturated carbocycles. The third-order valence-corrected chi connectivity index (χ3v) is 2.91. The van der Waals surface area contributed by atoms with E-state index in [9.17, 15) is 9.59 Å². The number of anilines is 1. The van der Waals surface area contributed by atoms with Crippen molar-refractivity contribution < 1.29 is 9.53 Å². The van der Waals surface area contributed by atoms with Gasteiger partial charge in [0.15, 0.2) is 5.43 Å². The van der Waals surface area contributed by atoms with Crippen LogP contribution < -0.4 is 15.5 Å². The molecule has 0 aliphatic carbocycles. The van der Waals surface area contributed by atoms with Gasteiger partial charge in [0.05, 0.1) is 12.8 Å². The summed E-state index contributed by atoms with van der Waals surface area (Å²) in [7, 11) is 1.53. The number of aromatic amines is 1. The fraction of sp³-hybridized carbons (Fsp3) is 0.200. The molecule has 0 unspecified atom stereocenters. The first-order valence-corrected chi connectivity index (χ1v) is 6.16. The van der Waals surface area contributed by atoms with E-state index in [0.717, 1.165) is 5.56 Å². The molecule has 0 spiro atoms. The number of nitrogens with one attached hydrogen (secondary N) is 2. The molecule has 1 amide bonds. The van der Waals surface area contributed by atoms with Crippen molar-refractivity contribution in [1.29, 1.82) is 0 Å². The van der Waals surface area contributed by atoms with Gasteiger partial charge >= 0.3 is 0 Å². The normalized spacial score (nSPS) is 10.2. The van der Waals surface area contributed by atoms with E-state index < -0.39 is 5.91 Å². The molecule has 1 aromatic carbocycles. The Morgan fingerprint density at radius 2 is 2.00 bits per heavy atom. The van der Waals surface area contributed by atoms with Gasteiger partial charge in [0, 0.05) is 18.0 Å². The zero-order valence-electron chi connectivity index (χ0n) is 11.6. The van der Waals surface area contributed by atoms with Crippen LogP contribution >= 0.6 is 0 Å². The van der Waals surface area contributed by atoms with Crippen LogP contribution in [-0.4, -0.2) is 18.0 Å². The second kappa shape index (κ2) is 5.61. The summed E-state index contributed by atoms with van der Waals surface area (Å²) in [4.78, 5) is 26.7. The summed E-state index contributed by atoms with van der Waals surface area (Å²) in [6.07, 6.45) is 1.41. The van der Waals surface area contributed by atoms with Crippen LogP contribution in [0.15, 0.2) is 35.3 Å². The quantitative estimate of drug-likeness (QED) is 0.900. The van der Waals surface area contributed by atoms with Crippen LogP contribution in [0.25, 0.3) is 0 Å². The Bertz CT molecular complexity index is 705. The van der Waals surface area contributed by atoms with E-state index in [1.807, 2.05) is 19.1 Å². The first kappa shape index (κ1) is 13.9. The molecule has 5 heteroatoms. The highest BCUT2D eigenvalue weighted by molar-refractivity contribution is 6.04. The average molecular weight is 272 g/mol. The van der Waals surface area contributed by atoms with E-state index in [4.69, 9.17) is 4.74 Å². The predicted molar refractivity (Wildman–Crippen MR) is 77.5 cm³/mol. The standard InChI is InChI=1S/C15H16N2O3/c1-9-4-5-12(14(6-9)20-3)17-15(19)11-8-16-10(2)7-13(11)18/h4-8H,1-3H3,(H,16,18)(H,17,19). The summed E-state index contributed by atoms with van der Waals surface area (Å²) in [5, 5.41) is 2.68. The fourth-order valence-electron chi connectivity index (χ4n) is 1.84. The van der Waals surface area contributed by atoms with Gasteiger partial charge in [-0.05, 0) is 31.5 Å². The monoisotopic (exact) mass is 272 g/mol. The SMILES string of the molecule is COc1cc(C)ccc1NC(=O)c1c[nH]c(C)cc1=O. The number of carbonyl (C=O) groups is 1. The number of carbonyl (C=O) groups excluding carboxylic acids is 1. The minimum Gasteiger partial charge on any atom is -0.495 e. The zero-order chi connectivity index (χ0) is 14.7. The van der Waals surface area contributed by atoms with Crippen molar-refractivity contribution in [3.63, 3.8) is 0 Å². The average Bonchev–Trinajstić information content (AvgIpc) is 2.40. The summed E-state index contributed by atoms with van der Waals surface area (Å²) < 4.78 is 5.21. The van der Waals surface area contributed by atoms with Crippen molar-refractivity contribution in [1.82, 2.24) is 4.98 Å². The number of hydrogen-bond donors (Lipinski definition) is 2. The molecule has 2 aromatic rings. The molecule has 0 fully saturated rings. The van der Waals surface area contributed by atoms with E-state index in [0.29, 0.717) is 17.1 Å². The fourth-order valence-corrected chi connectivity index (χ4v) is 1.84. The molecule has 2 N–H and O–H groups in total. The molecule has 20 heavy (non-hydrogen) atoms. The van der Waals surface area contributed by atoms with Crippen molar-refractivity contribution in [2.75, 3.05) is 12.4 Å². The van der Waals surface area contributed by atoms with Crippen molar-refractivity contribution in [2.24, 2.45) is 0 Å². The first-order valence-electron chi connectivity index (χ1n) is 6.16. The number of H-pyrrole nitrogens is 1. The van der Waals surface area contributed by atoms with Gasteiger partial charge in [0.1, 0.15) is 11.3 Å². The molecule has 0 radical (unpaired) electrons. The lowest BCUT2D eigenvalue weighted by molar-refractivity contribution is 0.102. The van der Waals surface area contributed by atoms with Crippen LogP contribution in [0.5, 0.6) is 5.75 Å². The molecule has 0 aliphatic rings. The third kappa shape index (κ3) is 2.88. The summed E-state index contributed by atoms with van der Waals surface area (Å²) in [6, 6.07) is 6.81. The summed E-state index contributed by atoms with van der Waals surface area (Å²) in [5.41, 5.74) is 2.01. The number of hydrogen-bond acceptors (Lipinski definition) is 3. The largest absolute Gasteiger partial charge is 0.495 e. The number of methoxy groups -OCH3 is 1. The van der Waals surface area contributed by atoms with Gasteiger partial charge in [-0.2, -0.15) is 0 Å². The number of ether oxygens (including phenoxy) is 1. The van der Waals surface area contributed by atoms with Crippen LogP contribution in [0.1, 0.15) is 21.6 Å². The molecule has 0 atom stereocenters. The zero-order valence-corrected chi connectivity index (χ0v) is 11.6. The molecule has 0 saturated heterocycles. The van der Waals surface area contributed by atoms with Crippen molar-refractivity contribution in [2.45, 2.75) is 13.8 Å². The van der Waals surface area contributed by atoms with Gasteiger partial charge in [-0.15, -0.1) is 0 Å². The van der Waals surface area contributed by atoms with Crippen molar-refractivity contribution >= 4 is 11.6 Å². The topological polar surface area (TPSA) is 71.2 Å². The molecule has 2 rings (SSSR count). The smallest absolute Gasteiger partial charge is 0.261 e. The number of rotatable bonds is 3. The highest BCUT2D eigenvalue weighted by Crippen LogP contribution is 2.25. The Balaban J connectivity index is 2.30. The third-order valence-electron chi connectivity index (χ3n) is 2.91. The van der Waals surface area contributed by atoms with E-state index in [-0.39, 0.29) is 11.0 Å². The number of aryl methyl sites for hydroxylation is 2. The van der Waals surface area contributed by atoms with Crippen LogP contribution in [-0.2, 0) is 0 Å². The number of pyridine rings is 1. The van der Waals surface area contributed by atoms with Crippen LogP contribution in [0.3, 0.4) is 0 Å². The van der Waals surface area contributed by atoms with E-state index in [2.05, 4.69) is 10.3 Å². The lowest BCUT2D eigenvalue weighted by atomic mass is 10.2. The van der Waals surface area contributed by atoms with Gasteiger partial charge in [-0.3, -0.25) is 9.59 Å². The Kier molecular flexibility index (Phi) is 3.89. The second-order valence-electron chi connectivity index (χ2n) is 4.55. The maximum Gasteiger partial charge on any atom is 0.261 e. The van der Waals surface area contributed by atoms with Gasteiger partial charge in [-0.25, -0.2) is 0 Å². The van der Waals surface area contributed by atoms with E-state index in [1.54, 1.807) is 13.0 Å². The lowest BCUT2D eigenvalue weighted by Crippen LogP contribution is -2.21. The molecule has 1 heterocycles. The Morgan fingerprint density at radius 3 is 2.65 bits per heavy atom. The number of benzene rings is 1. The summed E-state index contributed by atoms with van der Waals surface area (Å²) >= 11 is 0. The maximum absolute atomic E-state index is 12.1. The highest BCUT2D eigenvalue weighted by Gasteiger charge is 2.13. The predicted octanol–water partition coefficient (Wildman–Crippen LogP) is 2.25.